The zero-order valence-electron chi connectivity index (χ0n) is 16.0. The van der Waals surface area contributed by atoms with Gasteiger partial charge < -0.3 is 19.9 Å². The van der Waals surface area contributed by atoms with Gasteiger partial charge in [0.05, 0.1) is 24.6 Å². The van der Waals surface area contributed by atoms with Crippen LogP contribution in [0.2, 0.25) is 5.02 Å². The molecule has 0 aliphatic heterocycles. The molecule has 1 saturated carbocycles. The number of imidazole rings is 1. The van der Waals surface area contributed by atoms with Crippen LogP contribution < -0.4 is 10.9 Å². The highest BCUT2D eigenvalue weighted by atomic mass is 35.5. The van der Waals surface area contributed by atoms with E-state index in [-0.39, 0.29) is 5.91 Å². The fourth-order valence-electron chi connectivity index (χ4n) is 3.87. The van der Waals surface area contributed by atoms with Crippen molar-refractivity contribution in [3.05, 3.63) is 47.5 Å². The number of hydrogen-bond donors (Lipinski definition) is 5. The van der Waals surface area contributed by atoms with Gasteiger partial charge in [-0.25, -0.2) is 15.0 Å². The second-order valence-electron chi connectivity index (χ2n) is 7.30. The number of carbonyl (C=O) groups is 1. The molecule has 158 valence electrons. The molecule has 2 heterocycles. The first kappa shape index (κ1) is 20.5. The summed E-state index contributed by atoms with van der Waals surface area (Å²) in [6.45, 7) is 1.35. The molecule has 1 aliphatic carbocycles. The molecule has 1 unspecified atom stereocenters. The summed E-state index contributed by atoms with van der Waals surface area (Å²) in [6.07, 6.45) is -0.139. The summed E-state index contributed by atoms with van der Waals surface area (Å²) >= 11 is 5.90. The summed E-state index contributed by atoms with van der Waals surface area (Å²) in [5, 5.41) is 32.6. The minimum atomic E-state index is -1.14. The Morgan fingerprint density at radius 2 is 1.93 bits per heavy atom. The Kier molecular flexibility index (Phi) is 5.56. The first-order valence-corrected chi connectivity index (χ1v) is 9.74. The molecular weight excluding hydrogens is 412 g/mol. The lowest BCUT2D eigenvalue weighted by molar-refractivity contribution is -0.118. The summed E-state index contributed by atoms with van der Waals surface area (Å²) in [4.78, 5) is 23.7. The predicted octanol–water partition coefficient (Wildman–Crippen LogP) is 0.959. The van der Waals surface area contributed by atoms with E-state index in [1.54, 1.807) is 28.8 Å². The maximum atomic E-state index is 11.1. The number of aliphatic hydroxyl groups is 3. The fraction of sp³-hybridized carbons (Fsp3) is 0.368. The zero-order valence-corrected chi connectivity index (χ0v) is 16.7. The molecule has 30 heavy (non-hydrogen) atoms. The van der Waals surface area contributed by atoms with Crippen molar-refractivity contribution in [2.45, 2.75) is 37.7 Å². The van der Waals surface area contributed by atoms with E-state index in [0.29, 0.717) is 34.0 Å². The van der Waals surface area contributed by atoms with Crippen LogP contribution in [0.15, 0.2) is 36.9 Å². The molecule has 0 spiro atoms. The number of amides is 1. The Morgan fingerprint density at radius 1 is 1.20 bits per heavy atom. The number of carbonyl (C=O) groups excluding carboxylic acids is 1. The van der Waals surface area contributed by atoms with Crippen molar-refractivity contribution < 1.29 is 20.1 Å². The molecule has 3 aromatic rings. The van der Waals surface area contributed by atoms with Crippen LogP contribution in [-0.4, -0.2) is 53.0 Å². The maximum absolute atomic E-state index is 11.1. The Labute approximate surface area is 176 Å². The number of aliphatic hydroxyl groups excluding tert-OH is 3. The monoisotopic (exact) mass is 432 g/mol. The number of aromatic nitrogens is 4. The van der Waals surface area contributed by atoms with Crippen LogP contribution in [0, 0.1) is 5.92 Å². The van der Waals surface area contributed by atoms with E-state index in [9.17, 15) is 20.1 Å². The molecule has 1 amide bonds. The van der Waals surface area contributed by atoms with Gasteiger partial charge in [0.2, 0.25) is 5.91 Å². The van der Waals surface area contributed by atoms with E-state index in [4.69, 9.17) is 11.6 Å². The lowest BCUT2D eigenvalue weighted by Crippen LogP contribution is -2.31. The third kappa shape index (κ3) is 3.70. The van der Waals surface area contributed by atoms with Gasteiger partial charge in [0.15, 0.2) is 17.0 Å². The molecule has 0 saturated heterocycles. The predicted molar refractivity (Wildman–Crippen MR) is 108 cm³/mol. The van der Waals surface area contributed by atoms with Crippen LogP contribution in [0.5, 0.6) is 0 Å². The molecule has 1 aliphatic rings. The molecular formula is C19H21ClN6O4. The Morgan fingerprint density at radius 3 is 2.63 bits per heavy atom. The zero-order chi connectivity index (χ0) is 21.4. The van der Waals surface area contributed by atoms with Gasteiger partial charge in [0.1, 0.15) is 12.4 Å². The third-order valence-corrected chi connectivity index (χ3v) is 5.64. The van der Waals surface area contributed by atoms with E-state index in [2.05, 4.69) is 25.8 Å². The Hall–Kier alpha value is -2.79. The number of nitrogens with one attached hydrogen (secondary N) is 2. The van der Waals surface area contributed by atoms with Gasteiger partial charge in [0.25, 0.3) is 0 Å². The first-order valence-electron chi connectivity index (χ1n) is 9.36. The van der Waals surface area contributed by atoms with Gasteiger partial charge >= 0.3 is 0 Å². The van der Waals surface area contributed by atoms with Gasteiger partial charge in [-0.3, -0.25) is 15.6 Å². The first-order chi connectivity index (χ1) is 14.4. The number of fused-ring (bicyclic) bond motifs is 1. The lowest BCUT2D eigenvalue weighted by Gasteiger charge is -2.22. The molecule has 0 bridgehead atoms. The van der Waals surface area contributed by atoms with Crippen molar-refractivity contribution in [3.63, 3.8) is 0 Å². The van der Waals surface area contributed by atoms with Crippen molar-refractivity contribution in [2.24, 2.45) is 5.92 Å². The van der Waals surface area contributed by atoms with Gasteiger partial charge in [-0.15, -0.1) is 0 Å². The van der Waals surface area contributed by atoms with E-state index in [1.807, 2.05) is 0 Å². The summed E-state index contributed by atoms with van der Waals surface area (Å²) in [6, 6.07) is 6.16. The van der Waals surface area contributed by atoms with Crippen LogP contribution in [0.1, 0.15) is 31.1 Å². The molecule has 5 atom stereocenters. The standard InChI is InChI=1S/C19H21ClN6O4/c1-9(27)24-25-18-14-19(22-7-21-18)26(8-23-14)13-6-12(16(29)17(13)30)15(28)10-2-4-11(20)5-3-10/h2-5,7-8,12-13,15-17,28-30H,6H2,1H3,(H,24,27)(H,21,22,25)/t12-,13-,15?,16-,17+/m1/s1. The summed E-state index contributed by atoms with van der Waals surface area (Å²) < 4.78 is 1.65. The fourth-order valence-corrected chi connectivity index (χ4v) is 4.00. The van der Waals surface area contributed by atoms with Crippen LogP contribution in [0.25, 0.3) is 11.2 Å². The Balaban J connectivity index is 1.61. The van der Waals surface area contributed by atoms with Gasteiger partial charge in [0, 0.05) is 17.9 Å². The van der Waals surface area contributed by atoms with Crippen molar-refractivity contribution >= 4 is 34.5 Å². The van der Waals surface area contributed by atoms with Gasteiger partial charge in [-0.2, -0.15) is 0 Å². The molecule has 11 heteroatoms. The second kappa shape index (κ2) is 8.15. The van der Waals surface area contributed by atoms with Crippen molar-refractivity contribution in [1.82, 2.24) is 24.9 Å². The maximum Gasteiger partial charge on any atom is 0.235 e. The van der Waals surface area contributed by atoms with Crippen molar-refractivity contribution in [1.29, 1.82) is 0 Å². The SMILES string of the molecule is CC(=O)NNc1ncnc2c1ncn2[C@@H]1C[C@H](C(O)c2ccc(Cl)cc2)[C@@H](O)[C@H]1O. The van der Waals surface area contributed by atoms with Crippen molar-refractivity contribution in [3.8, 4) is 0 Å². The second-order valence-corrected chi connectivity index (χ2v) is 7.73. The quantitative estimate of drug-likeness (QED) is 0.375. The number of hydrazine groups is 1. The number of anilines is 1. The number of nitrogens with zero attached hydrogens (tertiary/aromatic N) is 4. The van der Waals surface area contributed by atoms with Crippen LogP contribution in [-0.2, 0) is 4.79 Å². The molecule has 5 N–H and O–H groups in total. The number of hydrogen-bond acceptors (Lipinski definition) is 8. The average molecular weight is 433 g/mol. The number of halogens is 1. The topological polar surface area (TPSA) is 145 Å². The smallest absolute Gasteiger partial charge is 0.235 e. The summed E-state index contributed by atoms with van der Waals surface area (Å²) in [5.41, 5.74) is 6.54. The summed E-state index contributed by atoms with van der Waals surface area (Å²) in [5.74, 6) is -0.586. The molecule has 0 radical (unpaired) electrons. The lowest BCUT2D eigenvalue weighted by atomic mass is 9.92. The average Bonchev–Trinajstić information content (AvgIpc) is 3.28. The van der Waals surface area contributed by atoms with E-state index >= 15 is 0 Å². The molecule has 1 aromatic carbocycles. The van der Waals surface area contributed by atoms with Gasteiger partial charge in [-0.05, 0) is 24.1 Å². The highest BCUT2D eigenvalue weighted by Crippen LogP contribution is 2.43. The largest absolute Gasteiger partial charge is 0.390 e. The molecule has 10 nitrogen and oxygen atoms in total. The van der Waals surface area contributed by atoms with Crippen molar-refractivity contribution in [2.75, 3.05) is 5.43 Å². The summed E-state index contributed by atoms with van der Waals surface area (Å²) in [7, 11) is 0. The number of rotatable bonds is 5. The van der Waals surface area contributed by atoms with Crippen LogP contribution in [0.4, 0.5) is 5.82 Å². The van der Waals surface area contributed by atoms with Crippen LogP contribution >= 0.6 is 11.6 Å². The van der Waals surface area contributed by atoms with E-state index in [0.717, 1.165) is 0 Å². The van der Waals surface area contributed by atoms with Crippen LogP contribution in [0.3, 0.4) is 0 Å². The third-order valence-electron chi connectivity index (χ3n) is 5.39. The minimum absolute atomic E-state index is 0.297. The van der Waals surface area contributed by atoms with E-state index in [1.165, 1.54) is 19.6 Å². The van der Waals surface area contributed by atoms with Gasteiger partial charge in [-0.1, -0.05) is 23.7 Å². The molecule has 1 fully saturated rings. The highest BCUT2D eigenvalue weighted by molar-refractivity contribution is 6.30. The Bertz CT molecular complexity index is 1060. The molecule has 2 aromatic heterocycles. The van der Waals surface area contributed by atoms with E-state index < -0.39 is 30.3 Å². The minimum Gasteiger partial charge on any atom is -0.390 e. The molecule has 4 rings (SSSR count). The highest BCUT2D eigenvalue weighted by Gasteiger charge is 2.46. The normalized spacial score (nSPS) is 24.7. The number of benzene rings is 1.